The van der Waals surface area contributed by atoms with Crippen LogP contribution >= 0.6 is 0 Å². The zero-order valence-electron chi connectivity index (χ0n) is 14.4. The molecule has 0 aromatic heterocycles. The van der Waals surface area contributed by atoms with Gasteiger partial charge >= 0.3 is 0 Å². The zero-order valence-corrected chi connectivity index (χ0v) is 14.4. The van der Waals surface area contributed by atoms with Crippen molar-refractivity contribution in [3.8, 4) is 0 Å². The van der Waals surface area contributed by atoms with Crippen LogP contribution in [0.1, 0.15) is 51.9 Å². The van der Waals surface area contributed by atoms with Crippen LogP contribution < -0.4 is 5.32 Å². The van der Waals surface area contributed by atoms with Crippen LogP contribution in [0.3, 0.4) is 0 Å². The second-order valence-corrected chi connectivity index (χ2v) is 7.40. The third-order valence-corrected chi connectivity index (χ3v) is 5.62. The molecule has 0 amide bonds. The normalized spacial score (nSPS) is 31.7. The molecule has 3 heteroatoms. The van der Waals surface area contributed by atoms with Crippen molar-refractivity contribution in [3.63, 3.8) is 0 Å². The van der Waals surface area contributed by atoms with Gasteiger partial charge in [-0.1, -0.05) is 19.8 Å². The number of ether oxygens (including phenoxy) is 1. The highest BCUT2D eigenvalue weighted by molar-refractivity contribution is 4.86. The summed E-state index contributed by atoms with van der Waals surface area (Å²) in [6.45, 7) is 6.80. The molecule has 0 aromatic rings. The van der Waals surface area contributed by atoms with E-state index in [2.05, 4.69) is 31.2 Å². The summed E-state index contributed by atoms with van der Waals surface area (Å²) in [6, 6.07) is 0.732. The maximum absolute atomic E-state index is 5.48. The molecule has 2 fully saturated rings. The summed E-state index contributed by atoms with van der Waals surface area (Å²) >= 11 is 0. The Hall–Kier alpha value is -0.120. The fraction of sp³-hybridized carbons (Fsp3) is 1.00. The molecule has 0 bridgehead atoms. The van der Waals surface area contributed by atoms with E-state index >= 15 is 0 Å². The minimum atomic E-state index is 0.732. The minimum absolute atomic E-state index is 0.732. The first-order chi connectivity index (χ1) is 10.2. The van der Waals surface area contributed by atoms with Crippen LogP contribution in [0.2, 0.25) is 0 Å². The molecule has 1 N–H and O–H groups in total. The average molecular weight is 296 g/mol. The summed E-state index contributed by atoms with van der Waals surface area (Å²) in [7, 11) is 4.47. The van der Waals surface area contributed by atoms with E-state index in [1.54, 1.807) is 0 Å². The van der Waals surface area contributed by atoms with Gasteiger partial charge in [-0.05, 0) is 64.0 Å². The largest absolute Gasteiger partial charge is 0.381 e. The van der Waals surface area contributed by atoms with Crippen LogP contribution in [0.5, 0.6) is 0 Å². The second-order valence-electron chi connectivity index (χ2n) is 7.40. The molecule has 0 spiro atoms. The van der Waals surface area contributed by atoms with Gasteiger partial charge in [0.2, 0.25) is 0 Å². The first-order valence-electron chi connectivity index (χ1n) is 9.16. The van der Waals surface area contributed by atoms with Crippen molar-refractivity contribution in [1.82, 2.24) is 10.2 Å². The van der Waals surface area contributed by atoms with Crippen molar-refractivity contribution in [2.24, 2.45) is 17.8 Å². The van der Waals surface area contributed by atoms with Crippen LogP contribution in [-0.2, 0) is 4.74 Å². The molecule has 3 nitrogen and oxygen atoms in total. The van der Waals surface area contributed by atoms with E-state index in [9.17, 15) is 0 Å². The van der Waals surface area contributed by atoms with E-state index < -0.39 is 0 Å². The highest BCUT2D eigenvalue weighted by Crippen LogP contribution is 2.32. The van der Waals surface area contributed by atoms with Gasteiger partial charge in [0, 0.05) is 32.3 Å². The van der Waals surface area contributed by atoms with Gasteiger partial charge in [0.25, 0.3) is 0 Å². The van der Waals surface area contributed by atoms with E-state index in [-0.39, 0.29) is 0 Å². The summed E-state index contributed by atoms with van der Waals surface area (Å²) in [5.74, 6) is 2.66. The van der Waals surface area contributed by atoms with Gasteiger partial charge in [-0.2, -0.15) is 0 Å². The van der Waals surface area contributed by atoms with Crippen molar-refractivity contribution in [2.45, 2.75) is 57.9 Å². The predicted molar refractivity (Wildman–Crippen MR) is 89.6 cm³/mol. The first kappa shape index (κ1) is 17.2. The molecule has 0 radical (unpaired) electrons. The molecule has 2 rings (SSSR count). The van der Waals surface area contributed by atoms with Gasteiger partial charge in [-0.3, -0.25) is 0 Å². The molecule has 21 heavy (non-hydrogen) atoms. The fourth-order valence-corrected chi connectivity index (χ4v) is 4.46. The van der Waals surface area contributed by atoms with E-state index in [0.717, 1.165) is 37.0 Å². The molecule has 0 aromatic carbocycles. The number of hydrogen-bond acceptors (Lipinski definition) is 3. The monoisotopic (exact) mass is 296 g/mol. The van der Waals surface area contributed by atoms with Crippen molar-refractivity contribution >= 4 is 0 Å². The Kier molecular flexibility index (Phi) is 7.48. The van der Waals surface area contributed by atoms with Crippen LogP contribution in [0, 0.1) is 17.8 Å². The Labute approximate surface area is 131 Å². The lowest BCUT2D eigenvalue weighted by molar-refractivity contribution is 0.0508. The lowest BCUT2D eigenvalue weighted by Crippen LogP contribution is -2.44. The molecule has 2 aliphatic rings. The topological polar surface area (TPSA) is 24.5 Å². The summed E-state index contributed by atoms with van der Waals surface area (Å²) in [5.41, 5.74) is 0. The number of rotatable bonds is 7. The van der Waals surface area contributed by atoms with Gasteiger partial charge in [0.1, 0.15) is 0 Å². The molecule has 3 atom stereocenters. The van der Waals surface area contributed by atoms with Crippen LogP contribution in [0.15, 0.2) is 0 Å². The van der Waals surface area contributed by atoms with Gasteiger partial charge in [0.05, 0.1) is 0 Å². The minimum Gasteiger partial charge on any atom is -0.381 e. The molecule has 3 unspecified atom stereocenters. The van der Waals surface area contributed by atoms with Crippen molar-refractivity contribution in [1.29, 1.82) is 0 Å². The zero-order chi connectivity index (χ0) is 15.1. The summed E-state index contributed by atoms with van der Waals surface area (Å²) in [6.07, 6.45) is 9.51. The van der Waals surface area contributed by atoms with Gasteiger partial charge < -0.3 is 15.0 Å². The Balaban J connectivity index is 1.79. The van der Waals surface area contributed by atoms with E-state index in [4.69, 9.17) is 4.74 Å². The number of hydrogen-bond donors (Lipinski definition) is 1. The summed E-state index contributed by atoms with van der Waals surface area (Å²) < 4.78 is 5.48. The van der Waals surface area contributed by atoms with Gasteiger partial charge in [0.15, 0.2) is 0 Å². The quantitative estimate of drug-likeness (QED) is 0.781. The summed E-state index contributed by atoms with van der Waals surface area (Å²) in [4.78, 5) is 2.60. The molecule has 1 aliphatic carbocycles. The molecule has 1 heterocycles. The third-order valence-electron chi connectivity index (χ3n) is 5.62. The lowest BCUT2D eigenvalue weighted by atomic mass is 9.76. The second kappa shape index (κ2) is 9.12. The number of nitrogens with zero attached hydrogens (tertiary/aromatic N) is 1. The van der Waals surface area contributed by atoms with E-state index in [1.807, 2.05) is 0 Å². The van der Waals surface area contributed by atoms with Crippen LogP contribution in [0.25, 0.3) is 0 Å². The molecule has 1 saturated carbocycles. The van der Waals surface area contributed by atoms with Gasteiger partial charge in [-0.25, -0.2) is 0 Å². The van der Waals surface area contributed by atoms with Crippen molar-refractivity contribution in [3.05, 3.63) is 0 Å². The molecular formula is C18H36N2O. The highest BCUT2D eigenvalue weighted by atomic mass is 16.5. The maximum Gasteiger partial charge on any atom is 0.0469 e. The van der Waals surface area contributed by atoms with Gasteiger partial charge in [-0.15, -0.1) is 0 Å². The number of nitrogens with one attached hydrogen (secondary N) is 1. The van der Waals surface area contributed by atoms with Crippen molar-refractivity contribution < 1.29 is 4.74 Å². The van der Waals surface area contributed by atoms with Crippen molar-refractivity contribution in [2.75, 3.05) is 40.4 Å². The molecule has 124 valence electrons. The Morgan fingerprint density at radius 1 is 1.05 bits per heavy atom. The third kappa shape index (κ3) is 5.54. The van der Waals surface area contributed by atoms with E-state index in [0.29, 0.717) is 0 Å². The Morgan fingerprint density at radius 2 is 1.81 bits per heavy atom. The Morgan fingerprint density at radius 3 is 2.48 bits per heavy atom. The van der Waals surface area contributed by atoms with Crippen LogP contribution in [-0.4, -0.2) is 51.3 Å². The molecule has 1 saturated heterocycles. The fourth-order valence-electron chi connectivity index (χ4n) is 4.46. The molecule has 1 aliphatic heterocycles. The average Bonchev–Trinajstić information content (AvgIpc) is 2.49. The van der Waals surface area contributed by atoms with Crippen LogP contribution in [0.4, 0.5) is 0 Å². The standard InChI is InChI=1S/C18H36N2O/c1-4-5-15-6-7-18(19-2)17(12-15)14-20(3)13-16-8-10-21-11-9-16/h15-19H,4-14H2,1-3H3. The summed E-state index contributed by atoms with van der Waals surface area (Å²) in [5, 5.41) is 3.58. The first-order valence-corrected chi connectivity index (χ1v) is 9.16. The lowest BCUT2D eigenvalue weighted by Gasteiger charge is -2.39. The highest BCUT2D eigenvalue weighted by Gasteiger charge is 2.30. The van der Waals surface area contributed by atoms with E-state index in [1.165, 1.54) is 58.0 Å². The Bertz CT molecular complexity index is 278. The smallest absolute Gasteiger partial charge is 0.0469 e. The predicted octanol–water partition coefficient (Wildman–Crippen LogP) is 3.15. The maximum atomic E-state index is 5.48. The SMILES string of the molecule is CCCC1CCC(NC)C(CN(C)CC2CCOCC2)C1. The molecular weight excluding hydrogens is 260 g/mol.